The predicted octanol–water partition coefficient (Wildman–Crippen LogP) is 2.56. The van der Waals surface area contributed by atoms with Crippen LogP contribution in [0.25, 0.3) is 0 Å². The molecule has 1 unspecified atom stereocenters. The maximum absolute atomic E-state index is 12.3. The first-order valence-corrected chi connectivity index (χ1v) is 9.23. The van der Waals surface area contributed by atoms with Crippen molar-refractivity contribution < 1.29 is 18.3 Å². The summed E-state index contributed by atoms with van der Waals surface area (Å²) in [7, 11) is -3.37. The minimum Gasteiger partial charge on any atom is -0.507 e. The molecule has 0 aliphatic rings. The van der Waals surface area contributed by atoms with Crippen LogP contribution in [-0.2, 0) is 10.0 Å². The molecule has 0 aromatic heterocycles. The number of hydrogen-bond acceptors (Lipinski definition) is 4. The van der Waals surface area contributed by atoms with E-state index in [1.165, 1.54) is 6.07 Å². The van der Waals surface area contributed by atoms with Crippen LogP contribution in [0, 0.1) is 6.92 Å². The van der Waals surface area contributed by atoms with Crippen LogP contribution < -0.4 is 10.0 Å². The van der Waals surface area contributed by atoms with Gasteiger partial charge in [0.15, 0.2) is 0 Å². The summed E-state index contributed by atoms with van der Waals surface area (Å²) in [6.07, 6.45) is 1.07. The number of aryl methyl sites for hydroxylation is 1. The van der Waals surface area contributed by atoms with Crippen LogP contribution in [0.1, 0.15) is 34.5 Å². The molecule has 0 saturated heterocycles. The minimum atomic E-state index is -3.37. The number of hydrogen-bond donors (Lipinski definition) is 3. The average Bonchev–Trinajstić information content (AvgIpc) is 2.45. The second-order valence-corrected chi connectivity index (χ2v) is 7.46. The van der Waals surface area contributed by atoms with E-state index in [1.54, 1.807) is 43.3 Å². The first kappa shape index (κ1) is 17.8. The molecule has 0 fully saturated rings. The highest BCUT2D eigenvalue weighted by molar-refractivity contribution is 7.92. The second kappa shape index (κ2) is 6.92. The van der Waals surface area contributed by atoms with Gasteiger partial charge < -0.3 is 10.4 Å². The number of phenolic OH excluding ortho intramolecular Hbond substituents is 1. The molecule has 7 heteroatoms. The first-order valence-electron chi connectivity index (χ1n) is 7.34. The van der Waals surface area contributed by atoms with Crippen LogP contribution in [0.2, 0.25) is 0 Å². The molecule has 0 bridgehead atoms. The third kappa shape index (κ3) is 4.73. The van der Waals surface area contributed by atoms with E-state index < -0.39 is 15.9 Å². The molecule has 24 heavy (non-hydrogen) atoms. The van der Waals surface area contributed by atoms with Crippen molar-refractivity contribution in [3.05, 3.63) is 59.2 Å². The molecule has 1 atom stereocenters. The molecule has 2 rings (SSSR count). The molecular weight excluding hydrogens is 328 g/mol. The first-order chi connectivity index (χ1) is 11.2. The molecule has 0 aliphatic carbocycles. The van der Waals surface area contributed by atoms with Crippen molar-refractivity contribution in [2.75, 3.05) is 11.0 Å². The third-order valence-corrected chi connectivity index (χ3v) is 4.04. The van der Waals surface area contributed by atoms with Crippen LogP contribution in [-0.4, -0.2) is 25.7 Å². The van der Waals surface area contributed by atoms with E-state index in [1.807, 2.05) is 6.92 Å². The van der Waals surface area contributed by atoms with Crippen molar-refractivity contribution >= 4 is 21.6 Å². The number of rotatable bonds is 5. The SMILES string of the molecule is Cc1ccc(C(=O)NC(C)c2cccc(NS(C)(=O)=O)c2)c(O)c1. The Morgan fingerprint density at radius 3 is 2.50 bits per heavy atom. The van der Waals surface area contributed by atoms with Crippen molar-refractivity contribution in [2.24, 2.45) is 0 Å². The molecule has 0 spiro atoms. The Balaban J connectivity index is 2.16. The molecule has 128 valence electrons. The highest BCUT2D eigenvalue weighted by Gasteiger charge is 2.15. The van der Waals surface area contributed by atoms with Crippen LogP contribution in [0.5, 0.6) is 5.75 Å². The topological polar surface area (TPSA) is 95.5 Å². The Morgan fingerprint density at radius 1 is 1.17 bits per heavy atom. The summed E-state index contributed by atoms with van der Waals surface area (Å²) in [6, 6.07) is 11.2. The summed E-state index contributed by atoms with van der Waals surface area (Å²) in [5, 5.41) is 12.7. The van der Waals surface area contributed by atoms with Crippen molar-refractivity contribution in [2.45, 2.75) is 19.9 Å². The van der Waals surface area contributed by atoms with Crippen molar-refractivity contribution in [3.8, 4) is 5.75 Å². The van der Waals surface area contributed by atoms with Crippen molar-refractivity contribution in [3.63, 3.8) is 0 Å². The van der Waals surface area contributed by atoms with Crippen LogP contribution in [0.3, 0.4) is 0 Å². The molecular formula is C17H20N2O4S. The molecule has 0 saturated carbocycles. The predicted molar refractivity (Wildman–Crippen MR) is 93.6 cm³/mol. The van der Waals surface area contributed by atoms with E-state index in [4.69, 9.17) is 0 Å². The van der Waals surface area contributed by atoms with Gasteiger partial charge in [-0.05, 0) is 49.2 Å². The number of nitrogens with one attached hydrogen (secondary N) is 2. The molecule has 6 nitrogen and oxygen atoms in total. The molecule has 0 aliphatic heterocycles. The summed E-state index contributed by atoms with van der Waals surface area (Å²) >= 11 is 0. The molecule has 0 heterocycles. The lowest BCUT2D eigenvalue weighted by atomic mass is 10.1. The summed E-state index contributed by atoms with van der Waals surface area (Å²) in [4.78, 5) is 12.3. The van der Waals surface area contributed by atoms with Crippen LogP contribution in [0.4, 0.5) is 5.69 Å². The monoisotopic (exact) mass is 348 g/mol. The van der Waals surface area contributed by atoms with Gasteiger partial charge >= 0.3 is 0 Å². The summed E-state index contributed by atoms with van der Waals surface area (Å²) < 4.78 is 25.0. The van der Waals surface area contributed by atoms with Gasteiger partial charge in [0, 0.05) is 5.69 Å². The Labute approximate surface area is 141 Å². The Kier molecular flexibility index (Phi) is 5.14. The number of benzene rings is 2. The highest BCUT2D eigenvalue weighted by Crippen LogP contribution is 2.21. The largest absolute Gasteiger partial charge is 0.507 e. The molecule has 2 aromatic carbocycles. The van der Waals surface area contributed by atoms with Gasteiger partial charge in [0.05, 0.1) is 17.9 Å². The van der Waals surface area contributed by atoms with E-state index in [0.29, 0.717) is 5.69 Å². The smallest absolute Gasteiger partial charge is 0.255 e. The Bertz CT molecular complexity index is 863. The lowest BCUT2D eigenvalue weighted by Crippen LogP contribution is -2.26. The minimum absolute atomic E-state index is 0.0767. The lowest BCUT2D eigenvalue weighted by molar-refractivity contribution is 0.0937. The number of phenols is 1. The normalized spacial score (nSPS) is 12.5. The van der Waals surface area contributed by atoms with Crippen LogP contribution in [0.15, 0.2) is 42.5 Å². The van der Waals surface area contributed by atoms with E-state index in [-0.39, 0.29) is 17.4 Å². The number of aromatic hydroxyl groups is 1. The second-order valence-electron chi connectivity index (χ2n) is 5.72. The van der Waals surface area contributed by atoms with E-state index in [0.717, 1.165) is 17.4 Å². The summed E-state index contributed by atoms with van der Waals surface area (Å²) in [5.74, 6) is -0.478. The molecule has 2 aromatic rings. The fourth-order valence-electron chi connectivity index (χ4n) is 2.28. The maximum atomic E-state index is 12.3. The van der Waals surface area contributed by atoms with Gasteiger partial charge in [0.25, 0.3) is 5.91 Å². The zero-order valence-corrected chi connectivity index (χ0v) is 14.5. The zero-order valence-electron chi connectivity index (χ0n) is 13.7. The van der Waals surface area contributed by atoms with Gasteiger partial charge in [-0.15, -0.1) is 0 Å². The Morgan fingerprint density at radius 2 is 1.88 bits per heavy atom. The Hall–Kier alpha value is -2.54. The fraction of sp³-hybridized carbons (Fsp3) is 0.235. The van der Waals surface area contributed by atoms with Gasteiger partial charge in [-0.25, -0.2) is 8.42 Å². The summed E-state index contributed by atoms with van der Waals surface area (Å²) in [5.41, 5.74) is 2.22. The van der Waals surface area contributed by atoms with Gasteiger partial charge in [0.2, 0.25) is 10.0 Å². The van der Waals surface area contributed by atoms with E-state index in [2.05, 4.69) is 10.0 Å². The maximum Gasteiger partial charge on any atom is 0.255 e. The van der Waals surface area contributed by atoms with E-state index in [9.17, 15) is 18.3 Å². The fourth-order valence-corrected chi connectivity index (χ4v) is 2.83. The van der Waals surface area contributed by atoms with Crippen molar-refractivity contribution in [1.82, 2.24) is 5.32 Å². The lowest BCUT2D eigenvalue weighted by Gasteiger charge is -2.16. The number of sulfonamides is 1. The van der Waals surface area contributed by atoms with Gasteiger partial charge in [-0.2, -0.15) is 0 Å². The van der Waals surface area contributed by atoms with Gasteiger partial charge in [0.1, 0.15) is 5.75 Å². The van der Waals surface area contributed by atoms with E-state index >= 15 is 0 Å². The standard InChI is InChI=1S/C17H20N2O4S/c1-11-7-8-15(16(20)9-11)17(21)18-12(2)13-5-4-6-14(10-13)19-24(3,22)23/h4-10,12,19-20H,1-3H3,(H,18,21). The highest BCUT2D eigenvalue weighted by atomic mass is 32.2. The quantitative estimate of drug-likeness (QED) is 0.774. The molecule has 1 amide bonds. The number of carbonyl (C=O) groups excluding carboxylic acids is 1. The van der Waals surface area contributed by atoms with Gasteiger partial charge in [-0.3, -0.25) is 9.52 Å². The number of carbonyl (C=O) groups is 1. The summed E-state index contributed by atoms with van der Waals surface area (Å²) in [6.45, 7) is 3.60. The number of amides is 1. The third-order valence-electron chi connectivity index (χ3n) is 3.44. The zero-order chi connectivity index (χ0) is 17.9. The molecule has 3 N–H and O–H groups in total. The molecule has 0 radical (unpaired) electrons. The van der Waals surface area contributed by atoms with Crippen LogP contribution >= 0.6 is 0 Å². The van der Waals surface area contributed by atoms with Gasteiger partial charge in [-0.1, -0.05) is 18.2 Å². The average molecular weight is 348 g/mol. The number of anilines is 1. The van der Waals surface area contributed by atoms with Crippen molar-refractivity contribution in [1.29, 1.82) is 0 Å².